The molecular formula is C24H26FN5O3. The molecule has 1 amide bonds. The fourth-order valence-corrected chi connectivity index (χ4v) is 4.26. The number of nitrogens with one attached hydrogen (secondary N) is 1. The van der Waals surface area contributed by atoms with E-state index in [4.69, 9.17) is 5.73 Å². The monoisotopic (exact) mass is 451 g/mol. The number of halogens is 1. The van der Waals surface area contributed by atoms with Gasteiger partial charge in [-0.3, -0.25) is 14.8 Å². The fourth-order valence-electron chi connectivity index (χ4n) is 4.26. The van der Waals surface area contributed by atoms with Gasteiger partial charge in [0, 0.05) is 12.4 Å². The molecule has 3 heterocycles. The van der Waals surface area contributed by atoms with Crippen LogP contribution in [-0.4, -0.2) is 42.8 Å². The Balaban J connectivity index is 1.62. The number of aliphatic hydroxyl groups is 2. The highest BCUT2D eigenvalue weighted by molar-refractivity contribution is 6.06. The number of nitrogens with two attached hydrogens (primary N) is 1. The van der Waals surface area contributed by atoms with E-state index < -0.39 is 23.4 Å². The lowest BCUT2D eigenvalue weighted by Crippen LogP contribution is -2.49. The molecule has 1 aliphatic rings. The van der Waals surface area contributed by atoms with E-state index in [9.17, 15) is 19.4 Å². The summed E-state index contributed by atoms with van der Waals surface area (Å²) in [7, 11) is 0. The lowest BCUT2D eigenvalue weighted by Gasteiger charge is -2.43. The Bertz CT molecular complexity index is 1170. The molecule has 3 aromatic rings. The highest BCUT2D eigenvalue weighted by Crippen LogP contribution is 2.43. The molecule has 0 bridgehead atoms. The average molecular weight is 452 g/mol. The van der Waals surface area contributed by atoms with Crippen molar-refractivity contribution < 1.29 is 19.4 Å². The van der Waals surface area contributed by atoms with Gasteiger partial charge in [0.2, 0.25) is 0 Å². The number of carbonyl (C=O) groups is 1. The molecule has 33 heavy (non-hydrogen) atoms. The van der Waals surface area contributed by atoms with Crippen LogP contribution in [0.1, 0.15) is 48.7 Å². The molecule has 0 aliphatic heterocycles. The Labute approximate surface area is 190 Å². The van der Waals surface area contributed by atoms with Crippen LogP contribution in [-0.2, 0) is 0 Å². The predicted octanol–water partition coefficient (Wildman–Crippen LogP) is 3.14. The molecule has 1 fully saturated rings. The summed E-state index contributed by atoms with van der Waals surface area (Å²) in [5.74, 6) is -1.37. The van der Waals surface area contributed by atoms with Crippen molar-refractivity contribution in [3.8, 4) is 11.4 Å². The summed E-state index contributed by atoms with van der Waals surface area (Å²) in [5, 5.41) is 23.8. The van der Waals surface area contributed by atoms with E-state index in [1.807, 2.05) is 6.92 Å². The van der Waals surface area contributed by atoms with E-state index in [0.717, 1.165) is 5.56 Å². The minimum atomic E-state index is -1.17. The van der Waals surface area contributed by atoms with E-state index in [2.05, 4.69) is 20.3 Å². The maximum Gasteiger partial charge on any atom is 0.276 e. The van der Waals surface area contributed by atoms with Crippen LogP contribution < -0.4 is 11.1 Å². The third kappa shape index (κ3) is 4.42. The Morgan fingerprint density at radius 2 is 2.03 bits per heavy atom. The smallest absolute Gasteiger partial charge is 0.276 e. The van der Waals surface area contributed by atoms with Gasteiger partial charge in [-0.25, -0.2) is 9.37 Å². The molecule has 5 N–H and O–H groups in total. The second-order valence-electron chi connectivity index (χ2n) is 8.70. The highest BCUT2D eigenvalue weighted by Gasteiger charge is 2.43. The predicted molar refractivity (Wildman–Crippen MR) is 122 cm³/mol. The van der Waals surface area contributed by atoms with Gasteiger partial charge in [0.05, 0.1) is 35.0 Å². The van der Waals surface area contributed by atoms with Crippen LogP contribution >= 0.6 is 0 Å². The van der Waals surface area contributed by atoms with Gasteiger partial charge in [0.15, 0.2) is 11.5 Å². The number of aromatic nitrogens is 3. The van der Waals surface area contributed by atoms with E-state index in [-0.39, 0.29) is 34.6 Å². The Hall–Kier alpha value is -3.43. The molecule has 9 heteroatoms. The first-order valence-corrected chi connectivity index (χ1v) is 10.7. The summed E-state index contributed by atoms with van der Waals surface area (Å²) in [5.41, 5.74) is 6.35. The first-order valence-electron chi connectivity index (χ1n) is 10.7. The van der Waals surface area contributed by atoms with E-state index in [1.165, 1.54) is 36.7 Å². The average Bonchev–Trinajstić information content (AvgIpc) is 2.78. The van der Waals surface area contributed by atoms with Crippen molar-refractivity contribution in [1.29, 1.82) is 0 Å². The Morgan fingerprint density at radius 1 is 1.24 bits per heavy atom. The first-order chi connectivity index (χ1) is 15.7. The Kier molecular flexibility index (Phi) is 6.09. The van der Waals surface area contributed by atoms with Crippen molar-refractivity contribution in [2.45, 2.75) is 44.3 Å². The summed E-state index contributed by atoms with van der Waals surface area (Å²) in [6.45, 7) is 3.53. The number of aliphatic hydroxyl groups excluding tert-OH is 1. The SMILES string of the molecule is CC1CC(c2ccncc2NC(=O)c2nc(-c3ncccc3F)ccc2N)CC(O)C1(C)O. The molecule has 1 saturated carbocycles. The minimum absolute atomic E-state index is 0.0193. The number of hydrogen-bond acceptors (Lipinski definition) is 7. The molecule has 4 rings (SSSR count). The number of hydrogen-bond donors (Lipinski definition) is 4. The third-order valence-electron chi connectivity index (χ3n) is 6.50. The van der Waals surface area contributed by atoms with Gasteiger partial charge in [-0.2, -0.15) is 0 Å². The van der Waals surface area contributed by atoms with Crippen LogP contribution in [0, 0.1) is 11.7 Å². The number of amides is 1. The zero-order valence-corrected chi connectivity index (χ0v) is 18.4. The van der Waals surface area contributed by atoms with Crippen LogP contribution in [0.3, 0.4) is 0 Å². The van der Waals surface area contributed by atoms with Gasteiger partial charge in [-0.05, 0) is 67.5 Å². The number of nitrogens with zero attached hydrogens (tertiary/aromatic N) is 3. The summed E-state index contributed by atoms with van der Waals surface area (Å²) >= 11 is 0. The van der Waals surface area contributed by atoms with Crippen molar-refractivity contribution in [2.24, 2.45) is 5.92 Å². The molecule has 3 aromatic heterocycles. The lowest BCUT2D eigenvalue weighted by atomic mass is 9.69. The normalized spacial score (nSPS) is 24.9. The number of pyridine rings is 3. The molecule has 1 aliphatic carbocycles. The molecule has 0 saturated heterocycles. The van der Waals surface area contributed by atoms with Crippen molar-refractivity contribution >= 4 is 17.3 Å². The van der Waals surface area contributed by atoms with Crippen molar-refractivity contribution in [3.05, 3.63) is 66.0 Å². The van der Waals surface area contributed by atoms with Crippen LogP contribution in [0.15, 0.2) is 48.9 Å². The van der Waals surface area contributed by atoms with Crippen molar-refractivity contribution in [1.82, 2.24) is 15.0 Å². The topological polar surface area (TPSA) is 134 Å². The number of anilines is 2. The lowest BCUT2D eigenvalue weighted by molar-refractivity contribution is -0.123. The first kappa shape index (κ1) is 22.8. The molecule has 4 atom stereocenters. The molecule has 8 nitrogen and oxygen atoms in total. The summed E-state index contributed by atoms with van der Waals surface area (Å²) in [6.07, 6.45) is 4.66. The highest BCUT2D eigenvalue weighted by atomic mass is 19.1. The molecular weight excluding hydrogens is 425 g/mol. The number of carbonyl (C=O) groups excluding carboxylic acids is 1. The maximum absolute atomic E-state index is 14.2. The molecule has 0 radical (unpaired) electrons. The quantitative estimate of drug-likeness (QED) is 0.479. The summed E-state index contributed by atoms with van der Waals surface area (Å²) in [6, 6.07) is 7.51. The Morgan fingerprint density at radius 3 is 2.76 bits per heavy atom. The van der Waals surface area contributed by atoms with Gasteiger partial charge >= 0.3 is 0 Å². The van der Waals surface area contributed by atoms with Crippen molar-refractivity contribution in [2.75, 3.05) is 11.1 Å². The van der Waals surface area contributed by atoms with Gasteiger partial charge in [-0.1, -0.05) is 6.92 Å². The summed E-state index contributed by atoms with van der Waals surface area (Å²) < 4.78 is 14.2. The minimum Gasteiger partial charge on any atom is -0.397 e. The standard InChI is InChI=1S/C24H26FN5O3/c1-13-10-14(11-20(31)24(13,2)33)15-7-9-27-12-19(15)30-23(32)22-17(26)5-6-18(29-22)21-16(25)4-3-8-28-21/h3-9,12-14,20,31,33H,10-11,26H2,1-2H3,(H,30,32). The molecule has 0 aromatic carbocycles. The van der Waals surface area contributed by atoms with E-state index in [1.54, 1.807) is 19.2 Å². The van der Waals surface area contributed by atoms with Gasteiger partial charge in [-0.15, -0.1) is 0 Å². The largest absolute Gasteiger partial charge is 0.397 e. The summed E-state index contributed by atoms with van der Waals surface area (Å²) in [4.78, 5) is 25.5. The second-order valence-corrected chi connectivity index (χ2v) is 8.70. The maximum atomic E-state index is 14.2. The molecule has 172 valence electrons. The molecule has 4 unspecified atom stereocenters. The van der Waals surface area contributed by atoms with Crippen LogP contribution in [0.2, 0.25) is 0 Å². The molecule has 0 spiro atoms. The third-order valence-corrected chi connectivity index (χ3v) is 6.50. The second kappa shape index (κ2) is 8.84. The van der Waals surface area contributed by atoms with Crippen LogP contribution in [0.4, 0.5) is 15.8 Å². The zero-order chi connectivity index (χ0) is 23.8. The fraction of sp³-hybridized carbons (Fsp3) is 0.333. The van der Waals surface area contributed by atoms with Gasteiger partial charge in [0.1, 0.15) is 5.69 Å². The van der Waals surface area contributed by atoms with Gasteiger partial charge < -0.3 is 21.3 Å². The van der Waals surface area contributed by atoms with E-state index >= 15 is 0 Å². The van der Waals surface area contributed by atoms with Gasteiger partial charge in [0.25, 0.3) is 5.91 Å². The number of rotatable bonds is 4. The van der Waals surface area contributed by atoms with Crippen LogP contribution in [0.5, 0.6) is 0 Å². The van der Waals surface area contributed by atoms with Crippen LogP contribution in [0.25, 0.3) is 11.4 Å². The van der Waals surface area contributed by atoms with E-state index in [0.29, 0.717) is 18.5 Å². The van der Waals surface area contributed by atoms with Crippen molar-refractivity contribution in [3.63, 3.8) is 0 Å². The number of nitrogen functional groups attached to an aromatic ring is 1. The zero-order valence-electron chi connectivity index (χ0n) is 18.4.